The first kappa shape index (κ1) is 18.8. The molecule has 2 aromatic carbocycles. The maximum absolute atomic E-state index is 12.2. The zero-order chi connectivity index (χ0) is 19.2. The molecule has 27 heavy (non-hydrogen) atoms. The smallest absolute Gasteiger partial charge is 0.227 e. The van der Waals surface area contributed by atoms with E-state index in [-0.39, 0.29) is 17.7 Å². The van der Waals surface area contributed by atoms with Crippen LogP contribution in [0.4, 0.5) is 11.4 Å². The fourth-order valence-corrected chi connectivity index (χ4v) is 2.78. The van der Waals surface area contributed by atoms with Crippen molar-refractivity contribution in [3.05, 3.63) is 48.0 Å². The number of nitrogens with one attached hydrogen (secondary N) is 2. The molecule has 3 rings (SSSR count). The van der Waals surface area contributed by atoms with Crippen molar-refractivity contribution < 1.29 is 19.1 Å². The molecular weight excluding hydrogens is 344 g/mol. The molecule has 1 saturated carbocycles. The summed E-state index contributed by atoms with van der Waals surface area (Å²) in [6, 6.07) is 12.7. The number of rotatable bonds is 8. The van der Waals surface area contributed by atoms with E-state index in [9.17, 15) is 9.59 Å². The number of amides is 2. The van der Waals surface area contributed by atoms with Gasteiger partial charge in [-0.2, -0.15) is 0 Å². The molecule has 6 nitrogen and oxygen atoms in total. The summed E-state index contributed by atoms with van der Waals surface area (Å²) in [7, 11) is 3.21. The number of anilines is 2. The summed E-state index contributed by atoms with van der Waals surface area (Å²) in [6.45, 7) is 0. The van der Waals surface area contributed by atoms with Crippen LogP contribution in [-0.2, 0) is 16.0 Å². The van der Waals surface area contributed by atoms with E-state index in [1.807, 2.05) is 18.2 Å². The van der Waals surface area contributed by atoms with Crippen LogP contribution in [0.3, 0.4) is 0 Å². The lowest BCUT2D eigenvalue weighted by Crippen LogP contribution is -2.14. The Morgan fingerprint density at radius 1 is 0.963 bits per heavy atom. The van der Waals surface area contributed by atoms with Gasteiger partial charge in [0, 0.05) is 23.7 Å². The van der Waals surface area contributed by atoms with Gasteiger partial charge in [-0.05, 0) is 67.3 Å². The Labute approximate surface area is 158 Å². The highest BCUT2D eigenvalue weighted by Crippen LogP contribution is 2.30. The SMILES string of the molecule is COc1ccc(OC)c(CCC(=O)Nc2ccc(NC(=O)C3CC3)cc2)c1. The molecule has 142 valence electrons. The molecule has 0 spiro atoms. The summed E-state index contributed by atoms with van der Waals surface area (Å²) in [4.78, 5) is 24.0. The standard InChI is InChI=1S/C21H24N2O4/c1-26-18-10-11-19(27-2)15(13-18)5-12-20(24)22-16-6-8-17(9-7-16)23-21(25)14-3-4-14/h6-11,13-14H,3-5,12H2,1-2H3,(H,22,24)(H,23,25). The molecule has 2 aromatic rings. The van der Waals surface area contributed by atoms with Gasteiger partial charge in [0.2, 0.25) is 11.8 Å². The minimum Gasteiger partial charge on any atom is -0.497 e. The zero-order valence-corrected chi connectivity index (χ0v) is 15.6. The molecule has 1 aliphatic carbocycles. The van der Waals surface area contributed by atoms with E-state index in [0.29, 0.717) is 18.5 Å². The molecular formula is C21H24N2O4. The fourth-order valence-electron chi connectivity index (χ4n) is 2.78. The molecule has 0 radical (unpaired) electrons. The van der Waals surface area contributed by atoms with Crippen molar-refractivity contribution in [2.75, 3.05) is 24.9 Å². The van der Waals surface area contributed by atoms with Gasteiger partial charge in [0.15, 0.2) is 0 Å². The van der Waals surface area contributed by atoms with Crippen molar-refractivity contribution in [3.8, 4) is 11.5 Å². The van der Waals surface area contributed by atoms with E-state index in [0.717, 1.165) is 35.6 Å². The summed E-state index contributed by atoms with van der Waals surface area (Å²) in [5.41, 5.74) is 2.36. The first-order valence-electron chi connectivity index (χ1n) is 9.00. The van der Waals surface area contributed by atoms with E-state index in [1.54, 1.807) is 38.5 Å². The second-order valence-corrected chi connectivity index (χ2v) is 6.57. The summed E-state index contributed by atoms with van der Waals surface area (Å²) in [6.07, 6.45) is 2.81. The van der Waals surface area contributed by atoms with Gasteiger partial charge in [0.25, 0.3) is 0 Å². The average Bonchev–Trinajstić information content (AvgIpc) is 3.53. The Morgan fingerprint density at radius 3 is 2.22 bits per heavy atom. The minimum absolute atomic E-state index is 0.0685. The van der Waals surface area contributed by atoms with Gasteiger partial charge in [0.05, 0.1) is 14.2 Å². The van der Waals surface area contributed by atoms with Crippen LogP contribution in [0.25, 0.3) is 0 Å². The highest BCUT2D eigenvalue weighted by atomic mass is 16.5. The molecule has 1 fully saturated rings. The summed E-state index contributed by atoms with van der Waals surface area (Å²) >= 11 is 0. The van der Waals surface area contributed by atoms with E-state index >= 15 is 0 Å². The monoisotopic (exact) mass is 368 g/mol. The van der Waals surface area contributed by atoms with Gasteiger partial charge in [-0.25, -0.2) is 0 Å². The quantitative estimate of drug-likeness (QED) is 0.746. The molecule has 0 atom stereocenters. The first-order chi connectivity index (χ1) is 13.1. The lowest BCUT2D eigenvalue weighted by Gasteiger charge is -2.11. The number of benzene rings is 2. The molecule has 0 bridgehead atoms. The topological polar surface area (TPSA) is 76.7 Å². The molecule has 0 aliphatic heterocycles. The molecule has 2 amide bonds. The summed E-state index contributed by atoms with van der Waals surface area (Å²) in [5.74, 6) is 1.61. The lowest BCUT2D eigenvalue weighted by molar-refractivity contribution is -0.117. The van der Waals surface area contributed by atoms with Crippen molar-refractivity contribution in [3.63, 3.8) is 0 Å². The molecule has 0 aromatic heterocycles. The van der Waals surface area contributed by atoms with Crippen molar-refractivity contribution in [1.82, 2.24) is 0 Å². The lowest BCUT2D eigenvalue weighted by atomic mass is 10.1. The second kappa shape index (κ2) is 8.58. The second-order valence-electron chi connectivity index (χ2n) is 6.57. The summed E-state index contributed by atoms with van der Waals surface area (Å²) < 4.78 is 10.6. The van der Waals surface area contributed by atoms with Crippen molar-refractivity contribution in [2.45, 2.75) is 25.7 Å². The van der Waals surface area contributed by atoms with Crippen LogP contribution in [-0.4, -0.2) is 26.0 Å². The van der Waals surface area contributed by atoms with Gasteiger partial charge in [0.1, 0.15) is 11.5 Å². The molecule has 6 heteroatoms. The number of aryl methyl sites for hydroxylation is 1. The summed E-state index contributed by atoms with van der Waals surface area (Å²) in [5, 5.41) is 5.75. The first-order valence-corrected chi connectivity index (χ1v) is 9.00. The van der Waals surface area contributed by atoms with E-state index in [1.165, 1.54) is 0 Å². The third kappa shape index (κ3) is 5.23. The Kier molecular flexibility index (Phi) is 5.96. The highest BCUT2D eigenvalue weighted by molar-refractivity contribution is 5.95. The number of ether oxygens (including phenoxy) is 2. The van der Waals surface area contributed by atoms with Crippen LogP contribution in [0.15, 0.2) is 42.5 Å². The van der Waals surface area contributed by atoms with Crippen LogP contribution in [0, 0.1) is 5.92 Å². The van der Waals surface area contributed by atoms with Gasteiger partial charge < -0.3 is 20.1 Å². The van der Waals surface area contributed by atoms with Crippen molar-refractivity contribution in [1.29, 1.82) is 0 Å². The van der Waals surface area contributed by atoms with Crippen LogP contribution in [0.2, 0.25) is 0 Å². The number of carbonyl (C=O) groups excluding carboxylic acids is 2. The number of hydrogen-bond donors (Lipinski definition) is 2. The Morgan fingerprint density at radius 2 is 1.63 bits per heavy atom. The Hall–Kier alpha value is -3.02. The number of hydrogen-bond acceptors (Lipinski definition) is 4. The maximum atomic E-state index is 12.2. The van der Waals surface area contributed by atoms with Crippen molar-refractivity contribution in [2.24, 2.45) is 5.92 Å². The maximum Gasteiger partial charge on any atom is 0.227 e. The number of carbonyl (C=O) groups is 2. The predicted octanol–water partition coefficient (Wildman–Crippen LogP) is 3.62. The average molecular weight is 368 g/mol. The molecule has 2 N–H and O–H groups in total. The highest BCUT2D eigenvalue weighted by Gasteiger charge is 2.29. The van der Waals surface area contributed by atoms with Gasteiger partial charge in [-0.1, -0.05) is 0 Å². The van der Waals surface area contributed by atoms with Crippen molar-refractivity contribution >= 4 is 23.2 Å². The third-order valence-corrected chi connectivity index (χ3v) is 4.49. The number of methoxy groups -OCH3 is 2. The van der Waals surface area contributed by atoms with E-state index < -0.39 is 0 Å². The predicted molar refractivity (Wildman–Crippen MR) is 104 cm³/mol. The van der Waals surface area contributed by atoms with Crippen LogP contribution in [0.5, 0.6) is 11.5 Å². The van der Waals surface area contributed by atoms with E-state index in [2.05, 4.69) is 10.6 Å². The minimum atomic E-state index is -0.0883. The Balaban J connectivity index is 1.52. The van der Waals surface area contributed by atoms with Gasteiger partial charge >= 0.3 is 0 Å². The zero-order valence-electron chi connectivity index (χ0n) is 15.6. The van der Waals surface area contributed by atoms with E-state index in [4.69, 9.17) is 9.47 Å². The van der Waals surface area contributed by atoms with Gasteiger partial charge in [-0.3, -0.25) is 9.59 Å². The normalized spacial score (nSPS) is 13.0. The molecule has 0 saturated heterocycles. The van der Waals surface area contributed by atoms with Crippen LogP contribution >= 0.6 is 0 Å². The van der Waals surface area contributed by atoms with Crippen LogP contribution < -0.4 is 20.1 Å². The Bertz CT molecular complexity index is 813. The molecule has 1 aliphatic rings. The fraction of sp³-hybridized carbons (Fsp3) is 0.333. The largest absolute Gasteiger partial charge is 0.497 e. The third-order valence-electron chi connectivity index (χ3n) is 4.49. The molecule has 0 unspecified atom stereocenters. The van der Waals surface area contributed by atoms with Crippen LogP contribution in [0.1, 0.15) is 24.8 Å². The molecule has 0 heterocycles. The van der Waals surface area contributed by atoms with Gasteiger partial charge in [-0.15, -0.1) is 0 Å².